The van der Waals surface area contributed by atoms with Gasteiger partial charge in [-0.3, -0.25) is 0 Å². The van der Waals surface area contributed by atoms with E-state index >= 15 is 0 Å². The molecule has 72 valence electrons. The zero-order valence-electron chi connectivity index (χ0n) is 7.26. The number of halogens is 2. The van der Waals surface area contributed by atoms with Crippen molar-refractivity contribution in [3.05, 3.63) is 11.7 Å². The number of hydrogen-bond acceptors (Lipinski definition) is 3. The summed E-state index contributed by atoms with van der Waals surface area (Å²) in [6.07, 6.45) is 3.42. The Hall–Kier alpha value is -0.280. The van der Waals surface area contributed by atoms with Gasteiger partial charge in [0.25, 0.3) is 5.89 Å². The molecule has 0 unspecified atom stereocenters. The molecule has 2 rings (SSSR count). The average Bonchev–Trinajstić information content (AvgIpc) is 2.63. The molecule has 0 atom stereocenters. The highest BCUT2D eigenvalue weighted by Crippen LogP contribution is 2.34. The normalized spacial score (nSPS) is 17.8. The van der Waals surface area contributed by atoms with Crippen LogP contribution in [0.2, 0.25) is 0 Å². The summed E-state index contributed by atoms with van der Waals surface area (Å²) in [5.41, 5.74) is 0. The van der Waals surface area contributed by atoms with Gasteiger partial charge in [-0.1, -0.05) is 28.4 Å². The molecule has 0 saturated heterocycles. The van der Waals surface area contributed by atoms with Crippen LogP contribution in [0.15, 0.2) is 4.52 Å². The minimum absolute atomic E-state index is 0.284. The van der Waals surface area contributed by atoms with E-state index in [1.54, 1.807) is 6.92 Å². The fourth-order valence-corrected chi connectivity index (χ4v) is 1.25. The van der Waals surface area contributed by atoms with Crippen LogP contribution in [-0.2, 0) is 10.8 Å². The highest BCUT2D eigenvalue weighted by atomic mass is 35.5. The molecule has 1 aliphatic rings. The Morgan fingerprint density at radius 1 is 1.54 bits per heavy atom. The first-order valence-electron chi connectivity index (χ1n) is 4.26. The van der Waals surface area contributed by atoms with E-state index in [9.17, 15) is 0 Å². The smallest absolute Gasteiger partial charge is 0.262 e. The van der Waals surface area contributed by atoms with Crippen LogP contribution in [0, 0.1) is 5.92 Å². The van der Waals surface area contributed by atoms with Crippen molar-refractivity contribution in [3.8, 4) is 0 Å². The lowest BCUT2D eigenvalue weighted by Gasteiger charge is -2.04. The third-order valence-electron chi connectivity index (χ3n) is 2.01. The summed E-state index contributed by atoms with van der Waals surface area (Å²) >= 11 is 11.6. The second kappa shape index (κ2) is 3.14. The predicted molar refractivity (Wildman–Crippen MR) is 49.8 cm³/mol. The molecule has 5 heteroatoms. The van der Waals surface area contributed by atoms with Gasteiger partial charge in [0.05, 0.1) is 0 Å². The van der Waals surface area contributed by atoms with Crippen molar-refractivity contribution in [1.29, 1.82) is 0 Å². The summed E-state index contributed by atoms with van der Waals surface area (Å²) in [6, 6.07) is 0. The van der Waals surface area contributed by atoms with E-state index in [0.29, 0.717) is 5.82 Å². The lowest BCUT2D eigenvalue weighted by atomic mass is 10.3. The van der Waals surface area contributed by atoms with Gasteiger partial charge in [-0.2, -0.15) is 4.98 Å². The first-order chi connectivity index (χ1) is 6.05. The van der Waals surface area contributed by atoms with Crippen LogP contribution in [0.25, 0.3) is 0 Å². The van der Waals surface area contributed by atoms with Crippen LogP contribution < -0.4 is 0 Å². The Morgan fingerprint density at radius 2 is 2.23 bits per heavy atom. The van der Waals surface area contributed by atoms with Crippen LogP contribution >= 0.6 is 23.2 Å². The number of alkyl halides is 2. The van der Waals surface area contributed by atoms with E-state index in [0.717, 1.165) is 12.3 Å². The molecule has 0 aliphatic heterocycles. The monoisotopic (exact) mass is 220 g/mol. The SMILES string of the molecule is CC(Cl)(Cl)c1nc(CC2CC2)no1. The van der Waals surface area contributed by atoms with Gasteiger partial charge < -0.3 is 4.52 Å². The minimum Gasteiger partial charge on any atom is -0.336 e. The fourth-order valence-electron chi connectivity index (χ4n) is 1.10. The van der Waals surface area contributed by atoms with Gasteiger partial charge in [0.1, 0.15) is 0 Å². The van der Waals surface area contributed by atoms with Crippen LogP contribution in [0.3, 0.4) is 0 Å². The van der Waals surface area contributed by atoms with Crippen molar-refractivity contribution in [2.24, 2.45) is 5.92 Å². The third kappa shape index (κ3) is 2.35. The van der Waals surface area contributed by atoms with Crippen LogP contribution in [-0.4, -0.2) is 10.1 Å². The molecule has 13 heavy (non-hydrogen) atoms. The van der Waals surface area contributed by atoms with E-state index in [1.165, 1.54) is 12.8 Å². The molecule has 0 aromatic carbocycles. The van der Waals surface area contributed by atoms with Crippen molar-refractivity contribution in [2.45, 2.75) is 30.5 Å². The van der Waals surface area contributed by atoms with E-state index in [4.69, 9.17) is 27.7 Å². The highest BCUT2D eigenvalue weighted by Gasteiger charge is 2.29. The van der Waals surface area contributed by atoms with Crippen LogP contribution in [0.4, 0.5) is 0 Å². The molecule has 1 saturated carbocycles. The van der Waals surface area contributed by atoms with Gasteiger partial charge in [0, 0.05) is 6.42 Å². The molecule has 0 amide bonds. The van der Waals surface area contributed by atoms with E-state index in [2.05, 4.69) is 10.1 Å². The Kier molecular flexibility index (Phi) is 2.24. The first kappa shape index (κ1) is 9.28. The number of aromatic nitrogens is 2. The summed E-state index contributed by atoms with van der Waals surface area (Å²) in [6.45, 7) is 1.62. The van der Waals surface area contributed by atoms with E-state index in [-0.39, 0.29) is 5.89 Å². The lowest BCUT2D eigenvalue weighted by Crippen LogP contribution is -2.04. The Bertz CT molecular complexity index is 301. The highest BCUT2D eigenvalue weighted by molar-refractivity contribution is 6.47. The minimum atomic E-state index is -1.07. The molecule has 1 fully saturated rings. The Labute approximate surface area is 86.4 Å². The summed E-state index contributed by atoms with van der Waals surface area (Å²) in [5, 5.41) is 3.81. The summed E-state index contributed by atoms with van der Waals surface area (Å²) < 4.78 is 3.86. The summed E-state index contributed by atoms with van der Waals surface area (Å²) in [5.74, 6) is 1.74. The molecule has 1 aromatic heterocycles. The third-order valence-corrected chi connectivity index (χ3v) is 2.34. The van der Waals surface area contributed by atoms with Gasteiger partial charge >= 0.3 is 0 Å². The fraction of sp³-hybridized carbons (Fsp3) is 0.750. The molecule has 3 nitrogen and oxygen atoms in total. The summed E-state index contributed by atoms with van der Waals surface area (Å²) in [4.78, 5) is 4.12. The van der Waals surface area contributed by atoms with Crippen molar-refractivity contribution < 1.29 is 4.52 Å². The van der Waals surface area contributed by atoms with E-state index in [1.807, 2.05) is 0 Å². The number of hydrogen-bond donors (Lipinski definition) is 0. The standard InChI is InChI=1S/C8H10Cl2N2O/c1-8(9,10)7-11-6(12-13-7)4-5-2-3-5/h5H,2-4H2,1H3. The zero-order chi connectivity index (χ0) is 9.47. The molecular formula is C8H10Cl2N2O. The molecular weight excluding hydrogens is 211 g/mol. The first-order valence-corrected chi connectivity index (χ1v) is 5.02. The van der Waals surface area contributed by atoms with Crippen molar-refractivity contribution >= 4 is 23.2 Å². The second-order valence-electron chi connectivity index (χ2n) is 3.55. The average molecular weight is 221 g/mol. The lowest BCUT2D eigenvalue weighted by molar-refractivity contribution is 0.365. The Balaban J connectivity index is 2.08. The van der Waals surface area contributed by atoms with Gasteiger partial charge in [0.15, 0.2) is 10.2 Å². The molecule has 1 aliphatic carbocycles. The maximum atomic E-state index is 5.79. The Morgan fingerprint density at radius 3 is 2.69 bits per heavy atom. The topological polar surface area (TPSA) is 38.9 Å². The largest absolute Gasteiger partial charge is 0.336 e. The number of rotatable bonds is 3. The van der Waals surface area contributed by atoms with Crippen LogP contribution in [0.1, 0.15) is 31.5 Å². The maximum absolute atomic E-state index is 5.79. The van der Waals surface area contributed by atoms with Gasteiger partial charge in [-0.25, -0.2) is 0 Å². The zero-order valence-corrected chi connectivity index (χ0v) is 8.77. The number of nitrogens with zero attached hydrogens (tertiary/aromatic N) is 2. The predicted octanol–water partition coefficient (Wildman–Crippen LogP) is 2.67. The van der Waals surface area contributed by atoms with Gasteiger partial charge in [-0.05, 0) is 25.7 Å². The van der Waals surface area contributed by atoms with Crippen molar-refractivity contribution in [2.75, 3.05) is 0 Å². The quantitative estimate of drug-likeness (QED) is 0.736. The summed E-state index contributed by atoms with van der Waals surface area (Å²) in [7, 11) is 0. The molecule has 0 N–H and O–H groups in total. The second-order valence-corrected chi connectivity index (χ2v) is 5.26. The van der Waals surface area contributed by atoms with Gasteiger partial charge in [0.2, 0.25) is 0 Å². The van der Waals surface area contributed by atoms with Crippen LogP contribution in [0.5, 0.6) is 0 Å². The van der Waals surface area contributed by atoms with Crippen molar-refractivity contribution in [1.82, 2.24) is 10.1 Å². The molecule has 1 aromatic rings. The molecule has 1 heterocycles. The van der Waals surface area contributed by atoms with Gasteiger partial charge in [-0.15, -0.1) is 0 Å². The molecule has 0 radical (unpaired) electrons. The molecule has 0 spiro atoms. The maximum Gasteiger partial charge on any atom is 0.262 e. The molecule has 0 bridgehead atoms. The van der Waals surface area contributed by atoms with E-state index < -0.39 is 4.33 Å². The van der Waals surface area contributed by atoms with Crippen molar-refractivity contribution in [3.63, 3.8) is 0 Å².